The van der Waals surface area contributed by atoms with Crippen molar-refractivity contribution in [1.29, 1.82) is 0 Å². The summed E-state index contributed by atoms with van der Waals surface area (Å²) in [4.78, 5) is 48.3. The lowest BCUT2D eigenvalue weighted by Crippen LogP contribution is -2.33. The van der Waals surface area contributed by atoms with Crippen LogP contribution in [0.5, 0.6) is 11.6 Å². The van der Waals surface area contributed by atoms with Crippen molar-refractivity contribution in [1.82, 2.24) is 15.4 Å². The molecule has 26 heavy (non-hydrogen) atoms. The van der Waals surface area contributed by atoms with E-state index in [1.807, 2.05) is 13.8 Å². The Morgan fingerprint density at radius 2 is 1.46 bits per heavy atom. The van der Waals surface area contributed by atoms with Crippen molar-refractivity contribution in [3.05, 3.63) is 18.3 Å². The van der Waals surface area contributed by atoms with E-state index in [0.717, 1.165) is 36.1 Å². The first-order valence-electron chi connectivity index (χ1n) is 8.61. The summed E-state index contributed by atoms with van der Waals surface area (Å²) < 4.78 is 0. The molecule has 0 saturated heterocycles. The molecule has 0 saturated carbocycles. The fourth-order valence-electron chi connectivity index (χ4n) is 1.87. The quantitative estimate of drug-likeness (QED) is 0.523. The summed E-state index contributed by atoms with van der Waals surface area (Å²) >= 11 is 0. The Bertz CT molecular complexity index is 503. The molecule has 9 nitrogen and oxygen atoms in total. The average molecular weight is 369 g/mol. The molecule has 0 aliphatic heterocycles. The third-order valence-electron chi connectivity index (χ3n) is 3.30. The van der Waals surface area contributed by atoms with E-state index >= 15 is 0 Å². The largest absolute Gasteiger partial charge is 0.349 e. The third-order valence-corrected chi connectivity index (χ3v) is 3.30. The van der Waals surface area contributed by atoms with Gasteiger partial charge in [0, 0.05) is 18.9 Å². The van der Waals surface area contributed by atoms with Crippen molar-refractivity contribution in [3.63, 3.8) is 0 Å². The van der Waals surface area contributed by atoms with Gasteiger partial charge in [0.2, 0.25) is 5.88 Å². The summed E-state index contributed by atoms with van der Waals surface area (Å²) in [6.45, 7) is 3.98. The summed E-state index contributed by atoms with van der Waals surface area (Å²) in [7, 11) is 2.67. The molecule has 146 valence electrons. The molecule has 0 fully saturated rings. The number of nitrogens with zero attached hydrogens (tertiary/aromatic N) is 3. The molecule has 1 heterocycles. The Labute approximate surface area is 153 Å². The summed E-state index contributed by atoms with van der Waals surface area (Å²) in [5, 5.41) is 1.59. The first kappa shape index (κ1) is 21.7. The van der Waals surface area contributed by atoms with E-state index in [4.69, 9.17) is 19.4 Å². The second-order valence-electron chi connectivity index (χ2n) is 5.39. The molecule has 0 radical (unpaired) electrons. The molecule has 1 rings (SSSR count). The van der Waals surface area contributed by atoms with Gasteiger partial charge in [-0.25, -0.2) is 14.7 Å². The fourth-order valence-corrected chi connectivity index (χ4v) is 1.87. The van der Waals surface area contributed by atoms with Crippen molar-refractivity contribution in [2.75, 3.05) is 14.2 Å². The predicted octanol–water partition coefficient (Wildman–Crippen LogP) is 2.83. The van der Waals surface area contributed by atoms with Gasteiger partial charge >= 0.3 is 0 Å². The van der Waals surface area contributed by atoms with Crippen LogP contribution in [0.25, 0.3) is 0 Å². The van der Waals surface area contributed by atoms with E-state index in [0.29, 0.717) is 12.8 Å². The van der Waals surface area contributed by atoms with E-state index in [9.17, 15) is 9.59 Å². The van der Waals surface area contributed by atoms with Crippen LogP contribution < -0.4 is 9.68 Å². The van der Waals surface area contributed by atoms with Gasteiger partial charge in [0.15, 0.2) is 5.75 Å². The lowest BCUT2D eigenvalue weighted by atomic mass is 10.2. The van der Waals surface area contributed by atoms with Crippen LogP contribution in [0.4, 0.5) is 0 Å². The molecule has 0 N–H and O–H groups in total. The van der Waals surface area contributed by atoms with Crippen molar-refractivity contribution >= 4 is 11.8 Å². The first-order chi connectivity index (χ1) is 12.5. The van der Waals surface area contributed by atoms with Gasteiger partial charge in [-0.15, -0.1) is 0 Å². The van der Waals surface area contributed by atoms with Crippen LogP contribution in [0.1, 0.15) is 52.4 Å². The minimum absolute atomic E-state index is 0.144. The van der Waals surface area contributed by atoms with Crippen molar-refractivity contribution in [2.45, 2.75) is 52.4 Å². The van der Waals surface area contributed by atoms with Crippen LogP contribution in [0.3, 0.4) is 0 Å². The van der Waals surface area contributed by atoms with E-state index < -0.39 is 0 Å². The van der Waals surface area contributed by atoms with Crippen LogP contribution in [-0.4, -0.2) is 41.5 Å². The van der Waals surface area contributed by atoms with Crippen molar-refractivity contribution in [2.24, 2.45) is 0 Å². The Morgan fingerprint density at radius 1 is 0.923 bits per heavy atom. The number of hydroxylamine groups is 4. The summed E-state index contributed by atoms with van der Waals surface area (Å²) in [6, 6.07) is 3.02. The van der Waals surface area contributed by atoms with Crippen LogP contribution in [0.2, 0.25) is 0 Å². The van der Waals surface area contributed by atoms with Crippen molar-refractivity contribution < 1.29 is 28.9 Å². The number of carbonyl (C=O) groups excluding carboxylic acids is 2. The molecule has 9 heteroatoms. The lowest BCUT2D eigenvalue weighted by Gasteiger charge is -2.20. The fraction of sp³-hybridized carbons (Fsp3) is 0.588. The van der Waals surface area contributed by atoms with Gasteiger partial charge in [-0.1, -0.05) is 26.7 Å². The maximum Gasteiger partial charge on any atom is 0.285 e. The Morgan fingerprint density at radius 3 is 1.88 bits per heavy atom. The Balaban J connectivity index is 2.63. The second-order valence-corrected chi connectivity index (χ2v) is 5.39. The molecule has 0 atom stereocenters. The standard InChI is InChI=1S/C17H27N3O6/c1-5-7-9-16(21)19(23-3)25-14-11-12-15(18-13-14)26-20(24-4)17(22)10-8-6-2/h11-13H,5-10H2,1-4H3. The van der Waals surface area contributed by atoms with Crippen LogP contribution in [0.15, 0.2) is 18.3 Å². The molecule has 0 aromatic carbocycles. The van der Waals surface area contributed by atoms with Gasteiger partial charge in [0.25, 0.3) is 11.8 Å². The summed E-state index contributed by atoms with van der Waals surface area (Å²) in [5.74, 6) is -0.166. The minimum Gasteiger partial charge on any atom is -0.349 e. The second kappa shape index (κ2) is 12.0. The molecule has 0 aliphatic carbocycles. The summed E-state index contributed by atoms with van der Waals surface area (Å²) in [6.07, 6.45) is 5.24. The molecular formula is C17H27N3O6. The van der Waals surface area contributed by atoms with E-state index in [1.54, 1.807) is 0 Å². The molecule has 0 aliphatic rings. The monoisotopic (exact) mass is 369 g/mol. The van der Waals surface area contributed by atoms with E-state index in [-0.39, 0.29) is 23.4 Å². The van der Waals surface area contributed by atoms with Crippen LogP contribution in [-0.2, 0) is 19.3 Å². The van der Waals surface area contributed by atoms with E-state index in [2.05, 4.69) is 4.98 Å². The maximum atomic E-state index is 11.9. The number of unbranched alkanes of at least 4 members (excludes halogenated alkanes) is 2. The van der Waals surface area contributed by atoms with Gasteiger partial charge in [0.05, 0.1) is 20.4 Å². The van der Waals surface area contributed by atoms with Crippen LogP contribution >= 0.6 is 0 Å². The Hall–Kier alpha value is -2.39. The number of hydrogen-bond acceptors (Lipinski definition) is 7. The SMILES string of the molecule is CCCCC(=O)N(OC)Oc1ccc(ON(OC)C(=O)CCCC)nc1. The number of rotatable bonds is 12. The predicted molar refractivity (Wildman–Crippen MR) is 92.3 cm³/mol. The number of aromatic nitrogens is 1. The normalized spacial score (nSPS) is 10.3. The maximum absolute atomic E-state index is 11.9. The number of pyridine rings is 1. The van der Waals surface area contributed by atoms with Gasteiger partial charge in [-0.3, -0.25) is 9.59 Å². The number of hydrogen-bond donors (Lipinski definition) is 0. The Kier molecular flexibility index (Phi) is 10.0. The molecule has 1 aromatic heterocycles. The molecular weight excluding hydrogens is 342 g/mol. The number of carbonyl (C=O) groups is 2. The highest BCUT2D eigenvalue weighted by Crippen LogP contribution is 2.17. The van der Waals surface area contributed by atoms with Gasteiger partial charge in [-0.2, -0.15) is 0 Å². The zero-order chi connectivity index (χ0) is 19.4. The third kappa shape index (κ3) is 7.24. The average Bonchev–Trinajstić information content (AvgIpc) is 2.67. The minimum atomic E-state index is -0.302. The zero-order valence-corrected chi connectivity index (χ0v) is 15.8. The molecule has 2 amide bonds. The van der Waals surface area contributed by atoms with Crippen LogP contribution in [0, 0.1) is 0 Å². The smallest absolute Gasteiger partial charge is 0.285 e. The molecule has 0 spiro atoms. The van der Waals surface area contributed by atoms with E-state index in [1.165, 1.54) is 32.5 Å². The van der Waals surface area contributed by atoms with Gasteiger partial charge in [0.1, 0.15) is 0 Å². The zero-order valence-electron chi connectivity index (χ0n) is 15.8. The molecule has 0 bridgehead atoms. The number of amides is 2. The van der Waals surface area contributed by atoms with Gasteiger partial charge < -0.3 is 9.68 Å². The first-order valence-corrected chi connectivity index (χ1v) is 8.61. The molecule has 0 unspecified atom stereocenters. The summed E-state index contributed by atoms with van der Waals surface area (Å²) in [5.41, 5.74) is 0. The topological polar surface area (TPSA) is 90.4 Å². The lowest BCUT2D eigenvalue weighted by molar-refractivity contribution is -0.284. The highest BCUT2D eigenvalue weighted by Gasteiger charge is 2.17. The highest BCUT2D eigenvalue weighted by molar-refractivity contribution is 5.74. The highest BCUT2D eigenvalue weighted by atomic mass is 17.0. The molecule has 1 aromatic rings. The van der Waals surface area contributed by atoms with Gasteiger partial charge in [-0.05, 0) is 29.4 Å². The van der Waals surface area contributed by atoms with Crippen molar-refractivity contribution in [3.8, 4) is 11.6 Å².